The molecule has 0 spiro atoms. The van der Waals surface area contributed by atoms with Crippen LogP contribution in [0.25, 0.3) is 11.4 Å². The van der Waals surface area contributed by atoms with Gasteiger partial charge < -0.3 is 14.3 Å². The van der Waals surface area contributed by atoms with Crippen LogP contribution in [0.5, 0.6) is 0 Å². The molecule has 0 radical (unpaired) electrons. The largest absolute Gasteiger partial charge is 0.469 e. The number of carbonyl (C=O) groups is 1. The predicted molar refractivity (Wildman–Crippen MR) is 119 cm³/mol. The predicted octanol–water partition coefficient (Wildman–Crippen LogP) is 4.62. The molecular formula is C21H21N5O2S2. The number of para-hydroxylation sites is 1. The van der Waals surface area contributed by atoms with Crippen molar-refractivity contribution in [2.45, 2.75) is 31.2 Å². The van der Waals surface area contributed by atoms with Crippen molar-refractivity contribution in [3.63, 3.8) is 0 Å². The van der Waals surface area contributed by atoms with Gasteiger partial charge in [-0.25, -0.2) is 4.98 Å². The zero-order valence-corrected chi connectivity index (χ0v) is 18.5. The summed E-state index contributed by atoms with van der Waals surface area (Å²) in [6.45, 7) is 3.88. The highest BCUT2D eigenvalue weighted by molar-refractivity contribution is 7.98. The Bertz CT molecular complexity index is 1180. The quantitative estimate of drug-likeness (QED) is 0.423. The Morgan fingerprint density at radius 1 is 1.23 bits per heavy atom. The number of thioether (sulfide) groups is 1. The third kappa shape index (κ3) is 4.47. The van der Waals surface area contributed by atoms with Crippen LogP contribution in [0, 0.1) is 13.8 Å². The van der Waals surface area contributed by atoms with Crippen LogP contribution >= 0.6 is 23.1 Å². The average Bonchev–Trinajstić information content (AvgIpc) is 3.43. The summed E-state index contributed by atoms with van der Waals surface area (Å²) in [6, 6.07) is 9.62. The summed E-state index contributed by atoms with van der Waals surface area (Å²) in [5.41, 5.74) is 3.73. The number of nitrogens with one attached hydrogen (secondary N) is 1. The molecule has 0 bridgehead atoms. The SMILES string of the molecule is Cc1ccccc1NC(=O)Cc1nc(CSc2nnc(-c3ccoc3C)n2C)cs1. The molecule has 30 heavy (non-hydrogen) atoms. The van der Waals surface area contributed by atoms with E-state index in [0.717, 1.165) is 44.3 Å². The number of furan rings is 1. The highest BCUT2D eigenvalue weighted by Gasteiger charge is 2.16. The van der Waals surface area contributed by atoms with E-state index in [9.17, 15) is 4.79 Å². The zero-order valence-electron chi connectivity index (χ0n) is 16.9. The fourth-order valence-electron chi connectivity index (χ4n) is 2.97. The number of carbonyl (C=O) groups excluding carboxylic acids is 1. The first-order valence-electron chi connectivity index (χ1n) is 9.36. The molecule has 1 N–H and O–H groups in total. The fraction of sp³-hybridized carbons (Fsp3) is 0.238. The van der Waals surface area contributed by atoms with Crippen molar-refractivity contribution >= 4 is 34.7 Å². The Morgan fingerprint density at radius 3 is 2.83 bits per heavy atom. The normalized spacial score (nSPS) is 11.0. The molecule has 154 valence electrons. The number of anilines is 1. The second-order valence-electron chi connectivity index (χ2n) is 6.82. The zero-order chi connectivity index (χ0) is 21.1. The molecular weight excluding hydrogens is 418 g/mol. The number of nitrogens with zero attached hydrogens (tertiary/aromatic N) is 4. The van der Waals surface area contributed by atoms with Gasteiger partial charge in [0.05, 0.1) is 23.9 Å². The topological polar surface area (TPSA) is 85.8 Å². The molecule has 4 aromatic rings. The molecule has 0 aliphatic rings. The molecule has 4 rings (SSSR count). The van der Waals surface area contributed by atoms with Crippen molar-refractivity contribution in [3.05, 3.63) is 64.0 Å². The Hall–Kier alpha value is -2.91. The van der Waals surface area contributed by atoms with Gasteiger partial charge in [-0.1, -0.05) is 30.0 Å². The third-order valence-electron chi connectivity index (χ3n) is 4.61. The van der Waals surface area contributed by atoms with Crippen molar-refractivity contribution in [2.24, 2.45) is 7.05 Å². The molecule has 0 fully saturated rings. The lowest BCUT2D eigenvalue weighted by Crippen LogP contribution is -2.15. The lowest BCUT2D eigenvalue weighted by atomic mass is 10.2. The van der Waals surface area contributed by atoms with Crippen LogP contribution in [0.1, 0.15) is 22.0 Å². The first-order chi connectivity index (χ1) is 14.5. The maximum absolute atomic E-state index is 12.3. The molecule has 1 amide bonds. The van der Waals surface area contributed by atoms with E-state index in [0.29, 0.717) is 5.75 Å². The van der Waals surface area contributed by atoms with Crippen LogP contribution < -0.4 is 5.32 Å². The fourth-order valence-corrected chi connectivity index (χ4v) is 4.67. The van der Waals surface area contributed by atoms with Crippen LogP contribution in [0.3, 0.4) is 0 Å². The lowest BCUT2D eigenvalue weighted by Gasteiger charge is -2.06. The van der Waals surface area contributed by atoms with Crippen molar-refractivity contribution < 1.29 is 9.21 Å². The first kappa shape index (κ1) is 20.4. The number of benzene rings is 1. The van der Waals surface area contributed by atoms with E-state index >= 15 is 0 Å². The number of hydrogen-bond acceptors (Lipinski definition) is 7. The molecule has 0 aliphatic carbocycles. The Morgan fingerprint density at radius 2 is 2.07 bits per heavy atom. The number of aromatic nitrogens is 4. The van der Waals surface area contributed by atoms with Crippen molar-refractivity contribution in [2.75, 3.05) is 5.32 Å². The molecule has 3 aromatic heterocycles. The molecule has 0 aliphatic heterocycles. The number of amides is 1. The van der Waals surface area contributed by atoms with E-state index < -0.39 is 0 Å². The summed E-state index contributed by atoms with van der Waals surface area (Å²) in [4.78, 5) is 16.9. The summed E-state index contributed by atoms with van der Waals surface area (Å²) in [7, 11) is 1.94. The summed E-state index contributed by atoms with van der Waals surface area (Å²) >= 11 is 3.06. The Kier molecular flexibility index (Phi) is 6.01. The van der Waals surface area contributed by atoms with Gasteiger partial charge in [0, 0.05) is 23.9 Å². The van der Waals surface area contributed by atoms with Gasteiger partial charge in [-0.15, -0.1) is 21.5 Å². The lowest BCUT2D eigenvalue weighted by molar-refractivity contribution is -0.115. The minimum absolute atomic E-state index is 0.0636. The average molecular weight is 440 g/mol. The van der Waals surface area contributed by atoms with E-state index in [1.54, 1.807) is 18.0 Å². The van der Waals surface area contributed by atoms with Crippen LogP contribution in [0.2, 0.25) is 0 Å². The van der Waals surface area contributed by atoms with E-state index in [4.69, 9.17) is 4.42 Å². The van der Waals surface area contributed by atoms with Crippen LogP contribution in [0.15, 0.2) is 51.5 Å². The first-order valence-corrected chi connectivity index (χ1v) is 11.2. The van der Waals surface area contributed by atoms with Crippen LogP contribution in [-0.4, -0.2) is 25.7 Å². The highest BCUT2D eigenvalue weighted by Crippen LogP contribution is 2.28. The van der Waals surface area contributed by atoms with E-state index in [1.807, 2.05) is 61.2 Å². The molecule has 7 nitrogen and oxygen atoms in total. The minimum Gasteiger partial charge on any atom is -0.469 e. The number of thiazole rings is 1. The summed E-state index contributed by atoms with van der Waals surface area (Å²) in [5.74, 6) is 2.18. The van der Waals surface area contributed by atoms with E-state index in [-0.39, 0.29) is 12.3 Å². The van der Waals surface area contributed by atoms with Gasteiger partial charge in [-0.05, 0) is 31.5 Å². The van der Waals surface area contributed by atoms with Gasteiger partial charge in [0.15, 0.2) is 11.0 Å². The smallest absolute Gasteiger partial charge is 0.231 e. The van der Waals surface area contributed by atoms with E-state index in [1.165, 1.54) is 11.3 Å². The molecule has 1 aromatic carbocycles. The van der Waals surface area contributed by atoms with Gasteiger partial charge in [-0.2, -0.15) is 0 Å². The standard InChI is InChI=1S/C21H21N5O2S2/c1-13-6-4-5-7-17(13)23-18(27)10-19-22-15(11-29-19)12-30-21-25-24-20(26(21)3)16-8-9-28-14(16)2/h4-9,11H,10,12H2,1-3H3,(H,23,27). The van der Waals surface area contributed by atoms with Crippen LogP contribution in [0.4, 0.5) is 5.69 Å². The summed E-state index contributed by atoms with van der Waals surface area (Å²) < 4.78 is 7.31. The number of rotatable bonds is 7. The maximum Gasteiger partial charge on any atom is 0.231 e. The van der Waals surface area contributed by atoms with Crippen LogP contribution in [-0.2, 0) is 24.0 Å². The van der Waals surface area contributed by atoms with Crippen molar-refractivity contribution in [1.82, 2.24) is 19.7 Å². The molecule has 3 heterocycles. The molecule has 0 unspecified atom stereocenters. The minimum atomic E-state index is -0.0636. The molecule has 9 heteroatoms. The number of aryl methyl sites for hydroxylation is 2. The molecule has 0 saturated carbocycles. The van der Waals surface area contributed by atoms with Gasteiger partial charge >= 0.3 is 0 Å². The Balaban J connectivity index is 1.35. The second-order valence-corrected chi connectivity index (χ2v) is 8.70. The third-order valence-corrected chi connectivity index (χ3v) is 6.57. The highest BCUT2D eigenvalue weighted by atomic mass is 32.2. The Labute approximate surface area is 182 Å². The van der Waals surface area contributed by atoms with E-state index in [2.05, 4.69) is 20.5 Å². The molecule has 0 saturated heterocycles. The maximum atomic E-state index is 12.3. The summed E-state index contributed by atoms with van der Waals surface area (Å²) in [6.07, 6.45) is 1.91. The van der Waals surface area contributed by atoms with Crippen molar-refractivity contribution in [3.8, 4) is 11.4 Å². The molecule has 0 atom stereocenters. The second kappa shape index (κ2) is 8.85. The van der Waals surface area contributed by atoms with Gasteiger partial charge in [0.1, 0.15) is 10.8 Å². The van der Waals surface area contributed by atoms with Gasteiger partial charge in [-0.3, -0.25) is 4.79 Å². The monoisotopic (exact) mass is 439 g/mol. The van der Waals surface area contributed by atoms with Crippen molar-refractivity contribution in [1.29, 1.82) is 0 Å². The van der Waals surface area contributed by atoms with Gasteiger partial charge in [0.25, 0.3) is 0 Å². The van der Waals surface area contributed by atoms with Gasteiger partial charge in [0.2, 0.25) is 5.91 Å². The number of hydrogen-bond donors (Lipinski definition) is 1. The summed E-state index contributed by atoms with van der Waals surface area (Å²) in [5, 5.41) is 15.1.